The minimum Gasteiger partial charge on any atom is -0.281 e. The first kappa shape index (κ1) is 13.3. The fraction of sp³-hybridized carbons (Fsp3) is 0.286. The number of unbranched alkanes of at least 4 members (excludes halogenated alkanes) is 1. The van der Waals surface area contributed by atoms with Gasteiger partial charge in [0, 0.05) is 24.3 Å². The number of nitrogens with zero attached hydrogens (tertiary/aromatic N) is 1. The van der Waals surface area contributed by atoms with Gasteiger partial charge in [-0.2, -0.15) is 0 Å². The number of thioether (sulfide) groups is 1. The number of hydrogen-bond donors (Lipinski definition) is 0. The summed E-state index contributed by atoms with van der Waals surface area (Å²) in [7, 11) is 0. The monoisotopic (exact) mass is 278 g/mol. The maximum absolute atomic E-state index is 11.7. The molecule has 0 saturated carbocycles. The number of aromatic nitrogens is 1. The zero-order valence-corrected chi connectivity index (χ0v) is 11.8. The lowest BCUT2D eigenvalue weighted by Crippen LogP contribution is -2.32. The molecule has 0 atom stereocenters. The highest BCUT2D eigenvalue weighted by Gasteiger charge is 2.07. The van der Waals surface area contributed by atoms with E-state index < -0.39 is 0 Å². The standard InChI is InChI=1S/C14H16NOS2/c16-14(13-7-6-12-17-13)18-11-5-4-10-15-8-2-1-3-9-15/h1-3,6-9,12H,4-5,10-11H2/q+1. The lowest BCUT2D eigenvalue weighted by molar-refractivity contribution is -0.697. The van der Waals surface area contributed by atoms with Gasteiger partial charge in [-0.15, -0.1) is 11.3 Å². The van der Waals surface area contributed by atoms with Gasteiger partial charge in [0.1, 0.15) is 6.54 Å². The first-order valence-corrected chi connectivity index (χ1v) is 7.87. The van der Waals surface area contributed by atoms with Crippen molar-refractivity contribution in [2.75, 3.05) is 5.75 Å². The molecule has 4 heteroatoms. The van der Waals surface area contributed by atoms with Crippen molar-refractivity contribution < 1.29 is 9.36 Å². The zero-order valence-electron chi connectivity index (χ0n) is 10.1. The Morgan fingerprint density at radius 1 is 1.17 bits per heavy atom. The summed E-state index contributed by atoms with van der Waals surface area (Å²) >= 11 is 2.95. The number of rotatable bonds is 6. The van der Waals surface area contributed by atoms with Gasteiger partial charge in [0.2, 0.25) is 5.12 Å². The first-order valence-electron chi connectivity index (χ1n) is 6.01. The molecule has 2 aromatic heterocycles. The van der Waals surface area contributed by atoms with E-state index >= 15 is 0 Å². The lowest BCUT2D eigenvalue weighted by Gasteiger charge is -1.98. The molecule has 0 N–H and O–H groups in total. The van der Waals surface area contributed by atoms with Crippen molar-refractivity contribution in [1.82, 2.24) is 0 Å². The topological polar surface area (TPSA) is 20.9 Å². The molecule has 0 bridgehead atoms. The Kier molecular flexibility index (Phi) is 5.42. The predicted octanol–water partition coefficient (Wildman–Crippen LogP) is 3.39. The Balaban J connectivity index is 1.61. The Bertz CT molecular complexity index is 468. The van der Waals surface area contributed by atoms with Crippen LogP contribution in [0.2, 0.25) is 0 Å². The summed E-state index contributed by atoms with van der Waals surface area (Å²) < 4.78 is 2.17. The van der Waals surface area contributed by atoms with Crippen LogP contribution in [-0.2, 0) is 6.54 Å². The minimum absolute atomic E-state index is 0.206. The SMILES string of the molecule is O=C(SCCCC[n+]1ccccc1)c1cccs1. The Morgan fingerprint density at radius 2 is 2.00 bits per heavy atom. The number of carbonyl (C=O) groups excluding carboxylic acids is 1. The average Bonchev–Trinajstić information content (AvgIpc) is 2.93. The van der Waals surface area contributed by atoms with Crippen LogP contribution < -0.4 is 4.57 Å². The van der Waals surface area contributed by atoms with Crippen LogP contribution in [0.1, 0.15) is 22.5 Å². The van der Waals surface area contributed by atoms with Crippen LogP contribution in [0.4, 0.5) is 0 Å². The fourth-order valence-corrected chi connectivity index (χ4v) is 3.23. The molecule has 0 aliphatic carbocycles. The summed E-state index contributed by atoms with van der Waals surface area (Å²) in [4.78, 5) is 12.6. The smallest absolute Gasteiger partial charge is 0.229 e. The maximum Gasteiger partial charge on any atom is 0.229 e. The lowest BCUT2D eigenvalue weighted by atomic mass is 10.3. The molecule has 2 rings (SSSR count). The Hall–Kier alpha value is -1.13. The van der Waals surface area contributed by atoms with Crippen molar-refractivity contribution in [2.45, 2.75) is 19.4 Å². The third-order valence-corrected chi connectivity index (χ3v) is 4.52. The molecule has 0 aliphatic rings. The highest BCUT2D eigenvalue weighted by atomic mass is 32.2. The summed E-state index contributed by atoms with van der Waals surface area (Å²) in [5.74, 6) is 0.907. The molecule has 0 unspecified atom stereocenters. The van der Waals surface area contributed by atoms with E-state index in [4.69, 9.17) is 0 Å². The van der Waals surface area contributed by atoms with Gasteiger partial charge >= 0.3 is 0 Å². The number of carbonyl (C=O) groups is 1. The molecule has 0 saturated heterocycles. The number of thiophene rings is 1. The highest BCUT2D eigenvalue weighted by Crippen LogP contribution is 2.18. The molecule has 94 valence electrons. The van der Waals surface area contributed by atoms with Gasteiger partial charge in [0.15, 0.2) is 12.4 Å². The normalized spacial score (nSPS) is 10.4. The molecule has 0 aromatic carbocycles. The molecule has 2 heterocycles. The van der Waals surface area contributed by atoms with Gasteiger partial charge in [-0.25, -0.2) is 4.57 Å². The van der Waals surface area contributed by atoms with Crippen LogP contribution in [0.25, 0.3) is 0 Å². The quantitative estimate of drug-likeness (QED) is 0.596. The molecule has 18 heavy (non-hydrogen) atoms. The largest absolute Gasteiger partial charge is 0.281 e. The molecular weight excluding hydrogens is 262 g/mol. The third kappa shape index (κ3) is 4.27. The van der Waals surface area contributed by atoms with Crippen molar-refractivity contribution in [3.8, 4) is 0 Å². The maximum atomic E-state index is 11.7. The molecule has 0 fully saturated rings. The molecule has 0 radical (unpaired) electrons. The third-order valence-electron chi connectivity index (χ3n) is 2.54. The summed E-state index contributed by atoms with van der Waals surface area (Å²) in [5, 5.41) is 2.15. The van der Waals surface area contributed by atoms with Gasteiger partial charge in [0.25, 0.3) is 0 Å². The second-order valence-electron chi connectivity index (χ2n) is 3.93. The second kappa shape index (κ2) is 7.34. The minimum atomic E-state index is 0.206. The van der Waals surface area contributed by atoms with E-state index in [0.717, 1.165) is 30.0 Å². The Labute approximate surface area is 116 Å². The highest BCUT2D eigenvalue weighted by molar-refractivity contribution is 8.14. The van der Waals surface area contributed by atoms with Gasteiger partial charge in [-0.05, 0) is 17.9 Å². The predicted molar refractivity (Wildman–Crippen MR) is 77.0 cm³/mol. The van der Waals surface area contributed by atoms with Crippen LogP contribution in [0.15, 0.2) is 48.1 Å². The van der Waals surface area contributed by atoms with Crippen molar-refractivity contribution in [1.29, 1.82) is 0 Å². The van der Waals surface area contributed by atoms with Crippen molar-refractivity contribution >= 4 is 28.2 Å². The van der Waals surface area contributed by atoms with Gasteiger partial charge in [-0.3, -0.25) is 4.79 Å². The molecular formula is C14H16NOS2+. The number of hydrogen-bond acceptors (Lipinski definition) is 3. The molecule has 0 spiro atoms. The van der Waals surface area contributed by atoms with Crippen LogP contribution in [-0.4, -0.2) is 10.9 Å². The van der Waals surface area contributed by atoms with Crippen molar-refractivity contribution in [3.63, 3.8) is 0 Å². The summed E-state index contributed by atoms with van der Waals surface area (Å²) in [6, 6.07) is 9.90. The average molecular weight is 278 g/mol. The van der Waals surface area contributed by atoms with E-state index in [9.17, 15) is 4.79 Å². The molecule has 2 aromatic rings. The summed E-state index contributed by atoms with van der Waals surface area (Å²) in [6.45, 7) is 1.02. The number of pyridine rings is 1. The van der Waals surface area contributed by atoms with Crippen LogP contribution in [0.3, 0.4) is 0 Å². The Morgan fingerprint density at radius 3 is 2.72 bits per heavy atom. The summed E-state index contributed by atoms with van der Waals surface area (Å²) in [5.41, 5.74) is 0. The van der Waals surface area contributed by atoms with Gasteiger partial charge in [-0.1, -0.05) is 23.9 Å². The van der Waals surface area contributed by atoms with Gasteiger partial charge < -0.3 is 0 Å². The van der Waals surface area contributed by atoms with Crippen LogP contribution in [0, 0.1) is 0 Å². The molecule has 0 aliphatic heterocycles. The number of aryl methyl sites for hydroxylation is 1. The van der Waals surface area contributed by atoms with E-state index in [-0.39, 0.29) is 5.12 Å². The molecule has 0 amide bonds. The van der Waals surface area contributed by atoms with Crippen molar-refractivity contribution in [2.24, 2.45) is 0 Å². The fourth-order valence-electron chi connectivity index (χ4n) is 1.61. The van der Waals surface area contributed by atoms with E-state index in [1.54, 1.807) is 0 Å². The summed E-state index contributed by atoms with van der Waals surface area (Å²) in [6.07, 6.45) is 6.33. The second-order valence-corrected chi connectivity index (χ2v) is 5.95. The van der Waals surface area contributed by atoms with Crippen LogP contribution in [0.5, 0.6) is 0 Å². The van der Waals surface area contributed by atoms with Crippen LogP contribution >= 0.6 is 23.1 Å². The molecule has 2 nitrogen and oxygen atoms in total. The zero-order chi connectivity index (χ0) is 12.6. The first-order chi connectivity index (χ1) is 8.86. The van der Waals surface area contributed by atoms with E-state index in [1.165, 1.54) is 23.1 Å². The van der Waals surface area contributed by atoms with E-state index in [0.29, 0.717) is 0 Å². The van der Waals surface area contributed by atoms with Crippen molar-refractivity contribution in [3.05, 3.63) is 53.0 Å². The van der Waals surface area contributed by atoms with E-state index in [1.807, 2.05) is 35.7 Å². The van der Waals surface area contributed by atoms with E-state index in [2.05, 4.69) is 17.0 Å². The van der Waals surface area contributed by atoms with Gasteiger partial charge in [0.05, 0.1) is 4.88 Å².